The molecule has 2 aromatic rings. The van der Waals surface area contributed by atoms with Crippen molar-refractivity contribution in [2.24, 2.45) is 0 Å². The summed E-state index contributed by atoms with van der Waals surface area (Å²) in [4.78, 5) is 19.1. The number of nitrogens with zero attached hydrogens (tertiary/aromatic N) is 6. The third-order valence-electron chi connectivity index (χ3n) is 7.12. The summed E-state index contributed by atoms with van der Waals surface area (Å²) in [5, 5.41) is 13.9. The van der Waals surface area contributed by atoms with E-state index in [0.717, 1.165) is 92.5 Å². The van der Waals surface area contributed by atoms with E-state index in [0.29, 0.717) is 19.1 Å². The molecule has 2 aliphatic rings. The van der Waals surface area contributed by atoms with Gasteiger partial charge in [-0.05, 0) is 72.2 Å². The zero-order valence-corrected chi connectivity index (χ0v) is 22.3. The lowest BCUT2D eigenvalue weighted by Gasteiger charge is -2.30. The number of likely N-dealkylation sites (N-methyl/N-ethyl adjacent to an activating group) is 2. The molecule has 9 nitrogen and oxygen atoms in total. The molecule has 4 rings (SSSR count). The van der Waals surface area contributed by atoms with E-state index in [2.05, 4.69) is 46.0 Å². The van der Waals surface area contributed by atoms with Crippen molar-refractivity contribution >= 4 is 22.7 Å². The van der Waals surface area contributed by atoms with Crippen molar-refractivity contribution in [1.29, 1.82) is 0 Å². The van der Waals surface area contributed by atoms with Crippen LogP contribution in [0.4, 0.5) is 11.8 Å². The van der Waals surface area contributed by atoms with Crippen LogP contribution >= 0.6 is 0 Å². The molecule has 0 aliphatic carbocycles. The first kappa shape index (κ1) is 26.4. The van der Waals surface area contributed by atoms with Crippen molar-refractivity contribution in [2.45, 2.75) is 25.3 Å². The standard InChI is InChI=1S/C27H41N7O2/c1-31-11-6-12-34(16-15-31)27-29-24-19-21(7-5-10-32(2)17-18-35)25(36-4)20-23(24)26(30-27)28-22-8-13-33(3)14-9-22/h19-20,22,35H,6,8-18H2,1-4H3,(H,28,29,30). The molecule has 0 amide bonds. The van der Waals surface area contributed by atoms with E-state index in [1.165, 1.54) is 0 Å². The van der Waals surface area contributed by atoms with Crippen LogP contribution in [0.25, 0.3) is 10.9 Å². The van der Waals surface area contributed by atoms with Gasteiger partial charge in [0.25, 0.3) is 0 Å². The molecule has 9 heteroatoms. The second-order valence-electron chi connectivity index (χ2n) is 10.1. The van der Waals surface area contributed by atoms with E-state index in [4.69, 9.17) is 19.8 Å². The van der Waals surface area contributed by atoms with Gasteiger partial charge in [-0.25, -0.2) is 4.98 Å². The number of aliphatic hydroxyl groups excluding tert-OH is 1. The number of aliphatic hydroxyl groups is 1. The number of aromatic nitrogens is 2. The SMILES string of the molecule is COc1cc2c(NC3CCN(C)CC3)nc(N3CCCN(C)CC3)nc2cc1C#CCN(C)CCO. The highest BCUT2D eigenvalue weighted by Gasteiger charge is 2.22. The third kappa shape index (κ3) is 6.77. The highest BCUT2D eigenvalue weighted by Crippen LogP contribution is 2.31. The first-order valence-corrected chi connectivity index (χ1v) is 13.0. The van der Waals surface area contributed by atoms with Crippen LogP contribution in [0.5, 0.6) is 5.75 Å². The Morgan fingerprint density at radius 2 is 1.86 bits per heavy atom. The van der Waals surface area contributed by atoms with E-state index in [1.54, 1.807) is 7.11 Å². The van der Waals surface area contributed by atoms with Crippen LogP contribution in [0.2, 0.25) is 0 Å². The lowest BCUT2D eigenvalue weighted by atomic mass is 10.0. The number of hydrogen-bond donors (Lipinski definition) is 2. The van der Waals surface area contributed by atoms with Crippen molar-refractivity contribution in [1.82, 2.24) is 24.7 Å². The molecule has 0 bridgehead atoms. The quantitative estimate of drug-likeness (QED) is 0.556. The fraction of sp³-hybridized carbons (Fsp3) is 0.630. The molecule has 2 fully saturated rings. The number of hydrogen-bond acceptors (Lipinski definition) is 9. The number of fused-ring (bicyclic) bond motifs is 1. The van der Waals surface area contributed by atoms with E-state index >= 15 is 0 Å². The van der Waals surface area contributed by atoms with Gasteiger partial charge in [0.2, 0.25) is 5.95 Å². The van der Waals surface area contributed by atoms with Gasteiger partial charge in [-0.1, -0.05) is 11.8 Å². The summed E-state index contributed by atoms with van der Waals surface area (Å²) in [6, 6.07) is 4.44. The van der Waals surface area contributed by atoms with Gasteiger partial charge in [-0.3, -0.25) is 4.90 Å². The molecule has 2 saturated heterocycles. The predicted molar refractivity (Wildman–Crippen MR) is 146 cm³/mol. The summed E-state index contributed by atoms with van der Waals surface area (Å²) < 4.78 is 5.73. The van der Waals surface area contributed by atoms with E-state index in [1.807, 2.05) is 24.1 Å². The first-order chi connectivity index (χ1) is 17.5. The molecule has 1 aromatic heterocycles. The van der Waals surface area contributed by atoms with Gasteiger partial charge in [0.05, 0.1) is 31.3 Å². The van der Waals surface area contributed by atoms with Crippen LogP contribution in [0.3, 0.4) is 0 Å². The number of likely N-dealkylation sites (tertiary alicyclic amines) is 1. The Hall–Kier alpha value is -2.64. The van der Waals surface area contributed by atoms with Gasteiger partial charge in [-0.15, -0.1) is 0 Å². The minimum absolute atomic E-state index is 0.122. The van der Waals surface area contributed by atoms with Gasteiger partial charge in [0.15, 0.2) is 0 Å². The summed E-state index contributed by atoms with van der Waals surface area (Å²) in [6.07, 6.45) is 3.28. The van der Waals surface area contributed by atoms with Crippen LogP contribution < -0.4 is 15.0 Å². The van der Waals surface area contributed by atoms with Gasteiger partial charge in [-0.2, -0.15) is 4.98 Å². The molecule has 0 atom stereocenters. The van der Waals surface area contributed by atoms with Crippen LogP contribution in [-0.4, -0.2) is 123 Å². The number of methoxy groups -OCH3 is 1. The van der Waals surface area contributed by atoms with Crippen molar-refractivity contribution in [2.75, 3.05) is 97.4 Å². The van der Waals surface area contributed by atoms with Crippen LogP contribution in [-0.2, 0) is 0 Å². The molecule has 196 valence electrons. The highest BCUT2D eigenvalue weighted by atomic mass is 16.5. The zero-order valence-electron chi connectivity index (χ0n) is 22.3. The molecule has 36 heavy (non-hydrogen) atoms. The number of piperidine rings is 1. The maximum absolute atomic E-state index is 9.14. The maximum Gasteiger partial charge on any atom is 0.227 e. The van der Waals surface area contributed by atoms with E-state index in [-0.39, 0.29) is 6.61 Å². The van der Waals surface area contributed by atoms with Crippen LogP contribution in [0.15, 0.2) is 12.1 Å². The Kier molecular flexibility index (Phi) is 9.21. The lowest BCUT2D eigenvalue weighted by molar-refractivity contribution is 0.234. The minimum Gasteiger partial charge on any atom is -0.495 e. The van der Waals surface area contributed by atoms with E-state index < -0.39 is 0 Å². The minimum atomic E-state index is 0.122. The average Bonchev–Trinajstić information content (AvgIpc) is 3.09. The van der Waals surface area contributed by atoms with Crippen LogP contribution in [0, 0.1) is 11.8 Å². The number of benzene rings is 1. The molecule has 0 spiro atoms. The molecule has 3 heterocycles. The number of rotatable bonds is 7. The second-order valence-corrected chi connectivity index (χ2v) is 10.1. The maximum atomic E-state index is 9.14. The Balaban J connectivity index is 1.71. The largest absolute Gasteiger partial charge is 0.495 e. The number of nitrogens with one attached hydrogen (secondary N) is 1. The highest BCUT2D eigenvalue weighted by molar-refractivity contribution is 5.93. The molecule has 0 saturated carbocycles. The molecule has 0 unspecified atom stereocenters. The molecule has 0 radical (unpaired) electrons. The average molecular weight is 496 g/mol. The van der Waals surface area contributed by atoms with Crippen molar-refractivity contribution in [3.8, 4) is 17.6 Å². The fourth-order valence-corrected chi connectivity index (χ4v) is 4.77. The van der Waals surface area contributed by atoms with Crippen molar-refractivity contribution in [3.63, 3.8) is 0 Å². The summed E-state index contributed by atoms with van der Waals surface area (Å²) in [6.45, 7) is 7.40. The summed E-state index contributed by atoms with van der Waals surface area (Å²) >= 11 is 0. The molecular formula is C27H41N7O2. The molecule has 2 N–H and O–H groups in total. The Morgan fingerprint density at radius 1 is 1.08 bits per heavy atom. The summed E-state index contributed by atoms with van der Waals surface area (Å²) in [5.74, 6) is 8.84. The van der Waals surface area contributed by atoms with Gasteiger partial charge in [0, 0.05) is 37.6 Å². The molecular weight excluding hydrogens is 454 g/mol. The zero-order chi connectivity index (χ0) is 25.5. The van der Waals surface area contributed by atoms with Gasteiger partial charge < -0.3 is 29.9 Å². The smallest absolute Gasteiger partial charge is 0.227 e. The molecule has 2 aliphatic heterocycles. The van der Waals surface area contributed by atoms with E-state index in [9.17, 15) is 0 Å². The Morgan fingerprint density at radius 3 is 2.61 bits per heavy atom. The van der Waals surface area contributed by atoms with Crippen molar-refractivity contribution < 1.29 is 9.84 Å². The molecule has 1 aromatic carbocycles. The normalized spacial score (nSPS) is 18.2. The second kappa shape index (κ2) is 12.5. The van der Waals surface area contributed by atoms with Crippen molar-refractivity contribution in [3.05, 3.63) is 17.7 Å². The third-order valence-corrected chi connectivity index (χ3v) is 7.12. The van der Waals surface area contributed by atoms with Crippen LogP contribution in [0.1, 0.15) is 24.8 Å². The first-order valence-electron chi connectivity index (χ1n) is 13.0. The Labute approximate surface area is 215 Å². The topological polar surface area (TPSA) is 80.2 Å². The number of anilines is 2. The monoisotopic (exact) mass is 495 g/mol. The summed E-state index contributed by atoms with van der Waals surface area (Å²) in [7, 11) is 7.98. The Bertz CT molecular complexity index is 1080. The summed E-state index contributed by atoms with van der Waals surface area (Å²) in [5.41, 5.74) is 1.69. The lowest BCUT2D eigenvalue weighted by Crippen LogP contribution is -2.37. The van der Waals surface area contributed by atoms with Gasteiger partial charge >= 0.3 is 0 Å². The number of ether oxygens (including phenoxy) is 1. The van der Waals surface area contributed by atoms with Gasteiger partial charge in [0.1, 0.15) is 11.6 Å². The predicted octanol–water partition coefficient (Wildman–Crippen LogP) is 1.56. The fourth-order valence-electron chi connectivity index (χ4n) is 4.77.